The van der Waals surface area contributed by atoms with Gasteiger partial charge in [0.15, 0.2) is 6.61 Å². The number of amides is 2. The zero-order valence-electron chi connectivity index (χ0n) is 15.3. The van der Waals surface area contributed by atoms with Crippen molar-refractivity contribution < 1.29 is 19.1 Å². The first-order chi connectivity index (χ1) is 13.3. The number of anilines is 2. The summed E-state index contributed by atoms with van der Waals surface area (Å²) in [5.74, 6) is -1.28. The molecule has 2 aromatic rings. The Hall–Kier alpha value is -2.57. The van der Waals surface area contributed by atoms with Crippen LogP contribution in [0.5, 0.6) is 0 Å². The molecule has 2 aromatic carbocycles. The van der Waals surface area contributed by atoms with E-state index in [2.05, 4.69) is 10.6 Å². The minimum atomic E-state index is -0.555. The second-order valence-corrected chi connectivity index (χ2v) is 6.87. The second-order valence-electron chi connectivity index (χ2n) is 6.05. The minimum Gasteiger partial charge on any atom is -0.456 e. The van der Waals surface area contributed by atoms with E-state index in [4.69, 9.17) is 27.9 Å². The fraction of sp³-hybridized carbons (Fsp3) is 0.250. The van der Waals surface area contributed by atoms with Gasteiger partial charge in [0, 0.05) is 23.6 Å². The van der Waals surface area contributed by atoms with E-state index in [0.717, 1.165) is 5.56 Å². The largest absolute Gasteiger partial charge is 0.456 e. The molecule has 6 nitrogen and oxygen atoms in total. The zero-order valence-corrected chi connectivity index (χ0v) is 16.8. The third-order valence-corrected chi connectivity index (χ3v) is 4.49. The van der Waals surface area contributed by atoms with E-state index < -0.39 is 18.5 Å². The van der Waals surface area contributed by atoms with Gasteiger partial charge in [0.2, 0.25) is 5.91 Å². The van der Waals surface area contributed by atoms with Gasteiger partial charge < -0.3 is 15.4 Å². The molecule has 0 fully saturated rings. The van der Waals surface area contributed by atoms with Crippen molar-refractivity contribution in [1.82, 2.24) is 0 Å². The summed E-state index contributed by atoms with van der Waals surface area (Å²) in [4.78, 5) is 35.4. The van der Waals surface area contributed by atoms with Crippen LogP contribution in [0.25, 0.3) is 0 Å². The predicted octanol–water partition coefficient (Wildman–Crippen LogP) is 4.59. The lowest BCUT2D eigenvalue weighted by Gasteiger charge is -2.08. The van der Waals surface area contributed by atoms with Gasteiger partial charge in [0.05, 0.1) is 10.7 Å². The van der Waals surface area contributed by atoms with Crippen LogP contribution in [-0.2, 0) is 19.1 Å². The molecule has 0 saturated heterocycles. The van der Waals surface area contributed by atoms with Crippen molar-refractivity contribution in [2.45, 2.75) is 26.2 Å². The number of hydrogen-bond donors (Lipinski definition) is 2. The normalized spacial score (nSPS) is 10.2. The third-order valence-electron chi connectivity index (χ3n) is 3.75. The number of ether oxygens (including phenoxy) is 1. The molecule has 0 bridgehead atoms. The highest BCUT2D eigenvalue weighted by atomic mass is 35.5. The van der Waals surface area contributed by atoms with Crippen molar-refractivity contribution in [1.29, 1.82) is 0 Å². The van der Waals surface area contributed by atoms with E-state index in [0.29, 0.717) is 27.8 Å². The molecule has 8 heteroatoms. The van der Waals surface area contributed by atoms with Gasteiger partial charge >= 0.3 is 5.97 Å². The monoisotopic (exact) mass is 422 g/mol. The number of aryl methyl sites for hydroxylation is 1. The molecule has 0 spiro atoms. The molecule has 0 atom stereocenters. The van der Waals surface area contributed by atoms with Crippen molar-refractivity contribution in [3.8, 4) is 0 Å². The standard InChI is InChI=1S/C20H20Cl2N2O4/c1-13-9-10-14(11-16(13)22)23-18(25)7-4-8-20(27)28-12-19(26)24-17-6-3-2-5-15(17)21/h2-3,5-6,9-11H,4,7-8,12H2,1H3,(H,23,25)(H,24,26). The number of carbonyl (C=O) groups is 3. The highest BCUT2D eigenvalue weighted by molar-refractivity contribution is 6.33. The maximum absolute atomic E-state index is 11.9. The first kappa shape index (κ1) is 21.7. The summed E-state index contributed by atoms with van der Waals surface area (Å²) in [7, 11) is 0. The molecule has 0 saturated carbocycles. The van der Waals surface area contributed by atoms with Crippen LogP contribution in [0.2, 0.25) is 10.0 Å². The van der Waals surface area contributed by atoms with Gasteiger partial charge in [-0.15, -0.1) is 0 Å². The van der Waals surface area contributed by atoms with E-state index in [-0.39, 0.29) is 18.7 Å². The van der Waals surface area contributed by atoms with Crippen LogP contribution < -0.4 is 10.6 Å². The van der Waals surface area contributed by atoms with Crippen molar-refractivity contribution in [2.75, 3.05) is 17.2 Å². The van der Waals surface area contributed by atoms with Crippen LogP contribution in [0.1, 0.15) is 24.8 Å². The van der Waals surface area contributed by atoms with Crippen molar-refractivity contribution in [3.05, 3.63) is 58.1 Å². The van der Waals surface area contributed by atoms with Crippen LogP contribution >= 0.6 is 23.2 Å². The third kappa shape index (κ3) is 7.21. The average Bonchev–Trinajstić information content (AvgIpc) is 2.65. The van der Waals surface area contributed by atoms with Gasteiger partial charge in [0.1, 0.15) is 0 Å². The molecule has 0 aromatic heterocycles. The Morgan fingerprint density at radius 2 is 1.68 bits per heavy atom. The molecule has 0 radical (unpaired) electrons. The molecule has 0 unspecified atom stereocenters. The molecule has 2 N–H and O–H groups in total. The summed E-state index contributed by atoms with van der Waals surface area (Å²) in [5, 5.41) is 6.22. The predicted molar refractivity (Wildman–Crippen MR) is 110 cm³/mol. The van der Waals surface area contributed by atoms with Crippen LogP contribution in [0.3, 0.4) is 0 Å². The Kier molecular flexibility index (Phi) is 8.29. The van der Waals surface area contributed by atoms with Gasteiger partial charge in [0.25, 0.3) is 5.91 Å². The highest BCUT2D eigenvalue weighted by Crippen LogP contribution is 2.21. The number of hydrogen-bond acceptors (Lipinski definition) is 4. The second kappa shape index (κ2) is 10.7. The van der Waals surface area contributed by atoms with E-state index >= 15 is 0 Å². The Labute approximate surface area is 173 Å². The maximum Gasteiger partial charge on any atom is 0.306 e. The van der Waals surface area contributed by atoms with Crippen LogP contribution in [0.4, 0.5) is 11.4 Å². The lowest BCUT2D eigenvalue weighted by Crippen LogP contribution is -2.21. The number of rotatable bonds is 8. The molecule has 0 aliphatic heterocycles. The summed E-state index contributed by atoms with van der Waals surface area (Å²) in [6.45, 7) is 1.45. The summed E-state index contributed by atoms with van der Waals surface area (Å²) < 4.78 is 4.90. The Morgan fingerprint density at radius 1 is 0.929 bits per heavy atom. The maximum atomic E-state index is 11.9. The minimum absolute atomic E-state index is 0.0292. The van der Waals surface area contributed by atoms with Gasteiger partial charge in [-0.3, -0.25) is 14.4 Å². The summed E-state index contributed by atoms with van der Waals surface area (Å²) >= 11 is 11.9. The van der Waals surface area contributed by atoms with Gasteiger partial charge in [-0.2, -0.15) is 0 Å². The van der Waals surface area contributed by atoms with Crippen LogP contribution in [0.15, 0.2) is 42.5 Å². The molecular formula is C20H20Cl2N2O4. The highest BCUT2D eigenvalue weighted by Gasteiger charge is 2.11. The molecule has 2 amide bonds. The topological polar surface area (TPSA) is 84.5 Å². The molecule has 0 aliphatic rings. The zero-order chi connectivity index (χ0) is 20.5. The first-order valence-corrected chi connectivity index (χ1v) is 9.37. The van der Waals surface area contributed by atoms with Crippen molar-refractivity contribution in [2.24, 2.45) is 0 Å². The smallest absolute Gasteiger partial charge is 0.306 e. The number of nitrogens with one attached hydrogen (secondary N) is 2. The van der Waals surface area contributed by atoms with Crippen molar-refractivity contribution in [3.63, 3.8) is 0 Å². The molecule has 0 aliphatic carbocycles. The van der Waals surface area contributed by atoms with Gasteiger partial charge in [-0.25, -0.2) is 0 Å². The molecule has 0 heterocycles. The van der Waals surface area contributed by atoms with E-state index in [1.807, 2.05) is 13.0 Å². The van der Waals surface area contributed by atoms with E-state index in [1.54, 1.807) is 36.4 Å². The lowest BCUT2D eigenvalue weighted by atomic mass is 10.2. The van der Waals surface area contributed by atoms with Gasteiger partial charge in [-0.05, 0) is 43.2 Å². The number of para-hydroxylation sites is 1. The Balaban J connectivity index is 1.65. The molecule has 28 heavy (non-hydrogen) atoms. The van der Waals surface area contributed by atoms with Crippen LogP contribution in [-0.4, -0.2) is 24.4 Å². The molecular weight excluding hydrogens is 403 g/mol. The average molecular weight is 423 g/mol. The van der Waals surface area contributed by atoms with E-state index in [9.17, 15) is 14.4 Å². The summed E-state index contributed by atoms with van der Waals surface area (Å²) in [5.41, 5.74) is 1.96. The molecule has 148 valence electrons. The van der Waals surface area contributed by atoms with E-state index in [1.165, 1.54) is 0 Å². The summed E-state index contributed by atoms with van der Waals surface area (Å²) in [6, 6.07) is 12.0. The number of benzene rings is 2. The number of halogens is 2. The number of carbonyl (C=O) groups excluding carboxylic acids is 3. The lowest BCUT2D eigenvalue weighted by molar-refractivity contribution is -0.147. The Bertz CT molecular complexity index is 871. The fourth-order valence-electron chi connectivity index (χ4n) is 2.25. The van der Waals surface area contributed by atoms with Gasteiger partial charge in [-0.1, -0.05) is 41.4 Å². The first-order valence-electron chi connectivity index (χ1n) is 8.61. The fourth-order valence-corrected chi connectivity index (χ4v) is 2.62. The number of esters is 1. The quantitative estimate of drug-likeness (QED) is 0.609. The van der Waals surface area contributed by atoms with Crippen molar-refractivity contribution >= 4 is 52.4 Å². The SMILES string of the molecule is Cc1ccc(NC(=O)CCCC(=O)OCC(=O)Nc2ccccc2Cl)cc1Cl. The Morgan fingerprint density at radius 3 is 2.39 bits per heavy atom. The summed E-state index contributed by atoms with van der Waals surface area (Å²) in [6.07, 6.45) is 0.476. The van der Waals surface area contributed by atoms with Crippen LogP contribution in [0, 0.1) is 6.92 Å². The molecule has 2 rings (SSSR count).